The SMILES string of the molecule is C=CCN1C(=O)/C(=C/c2ccc(OCc3cccc(F)c3)c(Br)c2)C(=O)NC1=S. The van der Waals surface area contributed by atoms with E-state index in [2.05, 4.69) is 27.8 Å². The lowest BCUT2D eigenvalue weighted by Crippen LogP contribution is -2.53. The fraction of sp³-hybridized carbons (Fsp3) is 0.0952. The maximum absolute atomic E-state index is 13.3. The van der Waals surface area contributed by atoms with Crippen LogP contribution < -0.4 is 10.1 Å². The second kappa shape index (κ2) is 9.11. The van der Waals surface area contributed by atoms with E-state index in [0.717, 1.165) is 0 Å². The minimum absolute atomic E-state index is 0.0271. The lowest BCUT2D eigenvalue weighted by molar-refractivity contribution is -0.128. The Hall–Kier alpha value is -2.84. The lowest BCUT2D eigenvalue weighted by atomic mass is 10.1. The molecule has 0 radical (unpaired) electrons. The van der Waals surface area contributed by atoms with Gasteiger partial charge in [-0.3, -0.25) is 19.8 Å². The number of ether oxygens (including phenoxy) is 1. The van der Waals surface area contributed by atoms with Crippen LogP contribution in [0.3, 0.4) is 0 Å². The summed E-state index contributed by atoms with van der Waals surface area (Å²) in [5.74, 6) is -0.818. The number of nitrogens with one attached hydrogen (secondary N) is 1. The Balaban J connectivity index is 1.78. The standard InChI is InChI=1S/C21H16BrFN2O3S/c1-2-8-25-20(27)16(19(26)24-21(25)29)10-13-6-7-18(17(22)11-13)28-12-14-4-3-5-15(23)9-14/h2-7,9-11H,1,8,12H2,(H,24,26,29)/b16-10+. The number of rotatable bonds is 6. The number of benzene rings is 2. The van der Waals surface area contributed by atoms with Crippen LogP contribution in [0.2, 0.25) is 0 Å². The van der Waals surface area contributed by atoms with Crippen molar-refractivity contribution in [2.24, 2.45) is 0 Å². The van der Waals surface area contributed by atoms with E-state index in [9.17, 15) is 14.0 Å². The summed E-state index contributed by atoms with van der Waals surface area (Å²) in [5.41, 5.74) is 1.30. The monoisotopic (exact) mass is 474 g/mol. The van der Waals surface area contributed by atoms with Crippen LogP contribution in [-0.4, -0.2) is 28.4 Å². The number of carbonyl (C=O) groups is 2. The molecule has 2 aromatic carbocycles. The molecule has 29 heavy (non-hydrogen) atoms. The molecule has 3 rings (SSSR count). The second-order valence-corrected chi connectivity index (χ2v) is 7.37. The van der Waals surface area contributed by atoms with Crippen molar-refractivity contribution in [3.8, 4) is 5.75 Å². The Morgan fingerprint density at radius 2 is 2.03 bits per heavy atom. The van der Waals surface area contributed by atoms with Gasteiger partial charge in [0.25, 0.3) is 11.8 Å². The van der Waals surface area contributed by atoms with Crippen molar-refractivity contribution in [2.75, 3.05) is 6.54 Å². The highest BCUT2D eigenvalue weighted by Gasteiger charge is 2.32. The highest BCUT2D eigenvalue weighted by atomic mass is 79.9. The predicted octanol–water partition coefficient (Wildman–Crippen LogP) is 3.98. The minimum Gasteiger partial charge on any atom is -0.488 e. The first-order valence-electron chi connectivity index (χ1n) is 8.55. The second-order valence-electron chi connectivity index (χ2n) is 6.13. The predicted molar refractivity (Wildman–Crippen MR) is 116 cm³/mol. The zero-order valence-corrected chi connectivity index (χ0v) is 17.6. The average molecular weight is 475 g/mol. The van der Waals surface area contributed by atoms with Gasteiger partial charge >= 0.3 is 0 Å². The molecule has 148 valence electrons. The van der Waals surface area contributed by atoms with Crippen molar-refractivity contribution in [1.82, 2.24) is 10.2 Å². The van der Waals surface area contributed by atoms with E-state index in [0.29, 0.717) is 21.3 Å². The van der Waals surface area contributed by atoms with Gasteiger partial charge in [0.05, 0.1) is 4.47 Å². The summed E-state index contributed by atoms with van der Waals surface area (Å²) >= 11 is 8.45. The number of amides is 2. The van der Waals surface area contributed by atoms with Crippen molar-refractivity contribution >= 4 is 51.2 Å². The Bertz CT molecular complexity index is 1040. The zero-order chi connectivity index (χ0) is 21.0. The van der Waals surface area contributed by atoms with Crippen molar-refractivity contribution in [3.63, 3.8) is 0 Å². The van der Waals surface area contributed by atoms with Gasteiger partial charge < -0.3 is 4.74 Å². The molecule has 1 aliphatic rings. The first kappa shape index (κ1) is 20.9. The molecule has 1 aliphatic heterocycles. The van der Waals surface area contributed by atoms with E-state index in [-0.39, 0.29) is 29.7 Å². The summed E-state index contributed by atoms with van der Waals surface area (Å²) in [7, 11) is 0. The van der Waals surface area contributed by atoms with Crippen molar-refractivity contribution in [1.29, 1.82) is 0 Å². The first-order valence-corrected chi connectivity index (χ1v) is 9.75. The maximum atomic E-state index is 13.3. The molecule has 5 nitrogen and oxygen atoms in total. The highest BCUT2D eigenvalue weighted by molar-refractivity contribution is 9.10. The molecule has 1 fully saturated rings. The molecule has 0 aromatic heterocycles. The van der Waals surface area contributed by atoms with Gasteiger partial charge in [-0.15, -0.1) is 6.58 Å². The average Bonchev–Trinajstić information content (AvgIpc) is 2.68. The molecule has 1 saturated heterocycles. The van der Waals surface area contributed by atoms with E-state index in [1.165, 1.54) is 29.2 Å². The van der Waals surface area contributed by atoms with Crippen LogP contribution in [0.5, 0.6) is 5.75 Å². The van der Waals surface area contributed by atoms with Gasteiger partial charge in [0, 0.05) is 6.54 Å². The number of nitrogens with zero attached hydrogens (tertiary/aromatic N) is 1. The third-order valence-corrected chi connectivity index (χ3v) is 4.99. The van der Waals surface area contributed by atoms with E-state index in [4.69, 9.17) is 17.0 Å². The van der Waals surface area contributed by atoms with Crippen LogP contribution >= 0.6 is 28.1 Å². The number of carbonyl (C=O) groups excluding carboxylic acids is 2. The molecule has 2 amide bonds. The summed E-state index contributed by atoms with van der Waals surface area (Å²) < 4.78 is 19.6. The number of hydrogen-bond donors (Lipinski definition) is 1. The first-order chi connectivity index (χ1) is 13.9. The largest absolute Gasteiger partial charge is 0.488 e. The van der Waals surface area contributed by atoms with Gasteiger partial charge in [0.2, 0.25) is 0 Å². The van der Waals surface area contributed by atoms with Crippen molar-refractivity contribution in [2.45, 2.75) is 6.61 Å². The van der Waals surface area contributed by atoms with Gasteiger partial charge in [-0.2, -0.15) is 0 Å². The molecule has 1 N–H and O–H groups in total. The Morgan fingerprint density at radius 3 is 2.72 bits per heavy atom. The molecule has 0 atom stereocenters. The van der Waals surface area contributed by atoms with E-state index in [1.54, 1.807) is 30.3 Å². The van der Waals surface area contributed by atoms with Crippen LogP contribution in [0.1, 0.15) is 11.1 Å². The van der Waals surface area contributed by atoms with Crippen LogP contribution in [0.15, 0.2) is 65.2 Å². The Labute approximate surface area is 181 Å². The zero-order valence-electron chi connectivity index (χ0n) is 15.2. The minimum atomic E-state index is -0.553. The lowest BCUT2D eigenvalue weighted by Gasteiger charge is -2.27. The van der Waals surface area contributed by atoms with Crippen molar-refractivity contribution < 1.29 is 18.7 Å². The molecule has 2 aromatic rings. The molecule has 0 spiro atoms. The number of hydrogen-bond acceptors (Lipinski definition) is 4. The maximum Gasteiger partial charge on any atom is 0.265 e. The van der Waals surface area contributed by atoms with E-state index < -0.39 is 11.8 Å². The molecular weight excluding hydrogens is 459 g/mol. The van der Waals surface area contributed by atoms with Crippen LogP contribution in [0.25, 0.3) is 6.08 Å². The summed E-state index contributed by atoms with van der Waals surface area (Å²) in [6.07, 6.45) is 3.01. The summed E-state index contributed by atoms with van der Waals surface area (Å²) in [6.45, 7) is 3.99. The highest BCUT2D eigenvalue weighted by Crippen LogP contribution is 2.28. The van der Waals surface area contributed by atoms with Crippen molar-refractivity contribution in [3.05, 3.63) is 82.1 Å². The van der Waals surface area contributed by atoms with Gasteiger partial charge in [-0.05, 0) is 69.6 Å². The van der Waals surface area contributed by atoms with Gasteiger partial charge in [-0.1, -0.05) is 24.3 Å². The molecule has 0 unspecified atom stereocenters. The van der Waals surface area contributed by atoms with Crippen LogP contribution in [0, 0.1) is 5.82 Å². The van der Waals surface area contributed by atoms with Gasteiger partial charge in [-0.25, -0.2) is 4.39 Å². The van der Waals surface area contributed by atoms with E-state index in [1.807, 2.05) is 0 Å². The topological polar surface area (TPSA) is 58.6 Å². The number of thiocarbonyl (C=S) groups is 1. The third kappa shape index (κ3) is 4.96. The summed E-state index contributed by atoms with van der Waals surface area (Å²) in [4.78, 5) is 26.0. The molecule has 0 bridgehead atoms. The Kier molecular flexibility index (Phi) is 6.56. The van der Waals surface area contributed by atoms with Crippen LogP contribution in [0.4, 0.5) is 4.39 Å². The van der Waals surface area contributed by atoms with Gasteiger partial charge in [0.1, 0.15) is 23.7 Å². The Morgan fingerprint density at radius 1 is 1.24 bits per heavy atom. The summed E-state index contributed by atoms with van der Waals surface area (Å²) in [5, 5.41) is 2.55. The third-order valence-electron chi connectivity index (χ3n) is 4.05. The fourth-order valence-corrected chi connectivity index (χ4v) is 3.43. The molecule has 0 saturated carbocycles. The number of halogens is 2. The quantitative estimate of drug-likeness (QED) is 0.297. The van der Waals surface area contributed by atoms with E-state index >= 15 is 0 Å². The summed E-state index contributed by atoms with van der Waals surface area (Å²) in [6, 6.07) is 11.3. The molecular formula is C21H16BrFN2O3S. The van der Waals surface area contributed by atoms with Crippen LogP contribution in [-0.2, 0) is 16.2 Å². The molecule has 8 heteroatoms. The molecule has 0 aliphatic carbocycles. The van der Waals surface area contributed by atoms with Gasteiger partial charge in [0.15, 0.2) is 5.11 Å². The fourth-order valence-electron chi connectivity index (χ4n) is 2.67. The smallest absolute Gasteiger partial charge is 0.265 e. The normalized spacial score (nSPS) is 15.4. The molecule has 1 heterocycles.